The van der Waals surface area contributed by atoms with Crippen molar-refractivity contribution in [1.29, 1.82) is 0 Å². The first kappa shape index (κ1) is 33.0. The molecule has 0 saturated carbocycles. The van der Waals surface area contributed by atoms with Gasteiger partial charge in [0.25, 0.3) is 0 Å². The summed E-state index contributed by atoms with van der Waals surface area (Å²) in [5.74, 6) is 1.28. The van der Waals surface area contributed by atoms with E-state index in [1.54, 1.807) is 36.4 Å². The summed E-state index contributed by atoms with van der Waals surface area (Å²) in [6.45, 7) is 0. The fraction of sp³-hybridized carbons (Fsp3) is 0. The van der Waals surface area contributed by atoms with E-state index < -0.39 is 0 Å². The molecule has 0 radical (unpaired) electrons. The molecule has 4 heterocycles. The molecule has 47 heavy (non-hydrogen) atoms. The number of aromatic amines is 4. The van der Waals surface area contributed by atoms with Gasteiger partial charge < -0.3 is 37.8 Å². The van der Waals surface area contributed by atoms with Gasteiger partial charge in [-0.05, 0) is 36.4 Å². The van der Waals surface area contributed by atoms with Crippen molar-refractivity contribution < 1.29 is 40.8 Å². The molecule has 0 aliphatic heterocycles. The van der Waals surface area contributed by atoms with Crippen molar-refractivity contribution in [2.75, 3.05) is 0 Å². The van der Waals surface area contributed by atoms with Crippen molar-refractivity contribution in [3.63, 3.8) is 0 Å². The van der Waals surface area contributed by atoms with Crippen LogP contribution in [-0.4, -0.2) is 60.8 Å². The second-order valence-electron chi connectivity index (χ2n) is 10.0. The fourth-order valence-electron chi connectivity index (χ4n) is 4.87. The Balaban J connectivity index is 0.000000177. The summed E-state index contributed by atoms with van der Waals surface area (Å²) in [5, 5.41) is 53.9. The zero-order chi connectivity index (χ0) is 31.1. The smallest absolute Gasteiger partial charge is 0.172 e. The molecule has 4 aromatic carbocycles. The van der Waals surface area contributed by atoms with E-state index in [2.05, 4.69) is 56.3 Å². The monoisotopic (exact) mass is 783 g/mol. The summed E-state index contributed by atoms with van der Waals surface area (Å²) in [4.78, 5) is 14.9. The van der Waals surface area contributed by atoms with Crippen LogP contribution in [0.25, 0.3) is 67.6 Å². The largest absolute Gasteiger partial charge is 0.508 e. The van der Waals surface area contributed by atoms with E-state index in [1.807, 2.05) is 54.6 Å². The number of H-pyrrole nitrogens is 4. The van der Waals surface area contributed by atoms with Crippen molar-refractivity contribution in [3.05, 3.63) is 103 Å². The number of hydrogen-bond donors (Lipinski definition) is 8. The zero-order valence-corrected chi connectivity index (χ0v) is 27.6. The van der Waals surface area contributed by atoms with E-state index in [9.17, 15) is 20.4 Å². The van der Waals surface area contributed by atoms with E-state index >= 15 is 0 Å². The maximum atomic E-state index is 10.5. The fourth-order valence-corrected chi connectivity index (χ4v) is 5.27. The van der Waals surface area contributed by atoms with E-state index in [0.29, 0.717) is 56.5 Å². The summed E-state index contributed by atoms with van der Waals surface area (Å²) in [5.41, 5.74) is 6.08. The minimum Gasteiger partial charge on any atom is -0.508 e. The van der Waals surface area contributed by atoms with Gasteiger partial charge in [0.1, 0.15) is 34.3 Å². The number of fused-ring (bicyclic) bond motifs is 2. The van der Waals surface area contributed by atoms with Crippen LogP contribution in [0.1, 0.15) is 0 Å². The molecular weight excluding hydrogens is 759 g/mol. The minimum atomic E-state index is 0. The van der Waals surface area contributed by atoms with Gasteiger partial charge in [-0.25, -0.2) is 9.97 Å². The number of aromatic nitrogens is 8. The molecule has 12 nitrogen and oxygen atoms in total. The molecule has 240 valence electrons. The number of imidazole rings is 2. The SMILES string of the molecule is Oc1ccc2nc(-c3[nH]nc(-c4cccc(Br)c4)c3O)[nH]c2c1.Oc1ccc2nc(-c3[nH]nc(-c4ccccc4)c3O)[nH]c2c1.[CH3-].[Pd]. The number of rotatable bonds is 4. The van der Waals surface area contributed by atoms with Crippen LogP contribution in [0.15, 0.2) is 95.5 Å². The molecule has 0 spiro atoms. The maximum absolute atomic E-state index is 10.5. The van der Waals surface area contributed by atoms with Crippen LogP contribution in [0.2, 0.25) is 0 Å². The van der Waals surface area contributed by atoms with Gasteiger partial charge in [0, 0.05) is 48.2 Å². The number of phenolic OH excluding ortho intramolecular Hbond substituents is 2. The Morgan fingerprint density at radius 3 is 1.55 bits per heavy atom. The Kier molecular flexibility index (Phi) is 9.48. The summed E-state index contributed by atoms with van der Waals surface area (Å²) < 4.78 is 0.901. The molecule has 8 N–H and O–H groups in total. The number of phenols is 2. The molecule has 0 bridgehead atoms. The third-order valence-corrected chi connectivity index (χ3v) is 7.52. The molecule has 0 saturated heterocycles. The quantitative estimate of drug-likeness (QED) is 0.0674. The Bertz CT molecular complexity index is 2310. The second kappa shape index (κ2) is 13.5. The van der Waals surface area contributed by atoms with Gasteiger partial charge >= 0.3 is 0 Å². The summed E-state index contributed by atoms with van der Waals surface area (Å²) in [6, 6.07) is 26.6. The van der Waals surface area contributed by atoms with Crippen molar-refractivity contribution in [1.82, 2.24) is 40.3 Å². The predicted molar refractivity (Wildman–Crippen MR) is 179 cm³/mol. The summed E-state index contributed by atoms with van der Waals surface area (Å²) in [7, 11) is 0. The van der Waals surface area contributed by atoms with Crippen molar-refractivity contribution in [3.8, 4) is 68.5 Å². The molecular formula is C33H26BrN8O4Pd-. The molecule has 0 aliphatic rings. The Labute approximate surface area is 289 Å². The van der Waals surface area contributed by atoms with Crippen molar-refractivity contribution in [2.45, 2.75) is 0 Å². The molecule has 4 aromatic heterocycles. The first-order valence-corrected chi connectivity index (χ1v) is 14.4. The van der Waals surface area contributed by atoms with Crippen molar-refractivity contribution >= 4 is 38.0 Å². The first-order chi connectivity index (χ1) is 21.8. The number of nitrogens with one attached hydrogen (secondary N) is 4. The van der Waals surface area contributed by atoms with E-state index in [4.69, 9.17) is 0 Å². The number of nitrogens with zero attached hydrogens (tertiary/aromatic N) is 4. The van der Waals surface area contributed by atoms with Crippen LogP contribution >= 0.6 is 15.9 Å². The van der Waals surface area contributed by atoms with E-state index in [0.717, 1.165) is 15.6 Å². The third-order valence-electron chi connectivity index (χ3n) is 7.03. The molecule has 0 atom stereocenters. The standard InChI is InChI=1S/C16H11BrN4O2.C16H12N4O2.CH3.Pd/c17-9-3-1-2-8(6-9)13-15(23)14(21-20-13)16-18-11-5-4-10(22)7-12(11)19-16;21-10-6-7-11-12(8-10)18-16(17-11)14-15(22)13(19-20-14)9-4-2-1-3-5-9;;/h1-7,22-23H,(H,18,19)(H,20,21);1-8,21-22H,(H,17,18)(H,19,20);1H3;/q;;-1;. The minimum absolute atomic E-state index is 0. The van der Waals surface area contributed by atoms with Crippen LogP contribution in [0.4, 0.5) is 0 Å². The Hall–Kier alpha value is -5.42. The molecule has 0 fully saturated rings. The molecule has 0 amide bonds. The maximum Gasteiger partial charge on any atom is 0.172 e. The van der Waals surface area contributed by atoms with Gasteiger partial charge in [0.15, 0.2) is 23.1 Å². The van der Waals surface area contributed by atoms with Gasteiger partial charge in [0.2, 0.25) is 0 Å². The van der Waals surface area contributed by atoms with E-state index in [-0.39, 0.29) is 50.8 Å². The number of aromatic hydroxyl groups is 4. The van der Waals surface area contributed by atoms with Gasteiger partial charge in [-0.3, -0.25) is 10.2 Å². The normalized spacial score (nSPS) is 10.7. The van der Waals surface area contributed by atoms with Gasteiger partial charge in [-0.15, -0.1) is 0 Å². The Morgan fingerprint density at radius 2 is 1.04 bits per heavy atom. The molecule has 8 aromatic rings. The average Bonchev–Trinajstić information content (AvgIpc) is 3.82. The molecule has 14 heteroatoms. The summed E-state index contributed by atoms with van der Waals surface area (Å²) in [6.07, 6.45) is 0. The third kappa shape index (κ3) is 6.48. The van der Waals surface area contributed by atoms with Crippen LogP contribution in [0.3, 0.4) is 0 Å². The molecule has 0 unspecified atom stereocenters. The predicted octanol–water partition coefficient (Wildman–Crippen LogP) is 7.27. The van der Waals surface area contributed by atoms with Gasteiger partial charge in [-0.2, -0.15) is 10.2 Å². The van der Waals surface area contributed by atoms with Crippen LogP contribution in [0.5, 0.6) is 23.0 Å². The van der Waals surface area contributed by atoms with Crippen LogP contribution in [-0.2, 0) is 20.4 Å². The number of benzene rings is 4. The number of halogens is 1. The van der Waals surface area contributed by atoms with Gasteiger partial charge in [0.05, 0.1) is 22.1 Å². The number of hydrogen-bond acceptors (Lipinski definition) is 8. The molecule has 8 rings (SSSR count). The van der Waals surface area contributed by atoms with Crippen LogP contribution in [0, 0.1) is 7.43 Å². The topological polar surface area (TPSA) is 196 Å². The second-order valence-corrected chi connectivity index (χ2v) is 11.0. The van der Waals surface area contributed by atoms with Crippen molar-refractivity contribution in [2.24, 2.45) is 0 Å². The van der Waals surface area contributed by atoms with Gasteiger partial charge in [-0.1, -0.05) is 58.4 Å². The van der Waals surface area contributed by atoms with Crippen LogP contribution < -0.4 is 0 Å². The average molecular weight is 785 g/mol. The summed E-state index contributed by atoms with van der Waals surface area (Å²) >= 11 is 3.40. The Morgan fingerprint density at radius 1 is 0.553 bits per heavy atom. The zero-order valence-electron chi connectivity index (χ0n) is 24.4. The van der Waals surface area contributed by atoms with E-state index in [1.165, 1.54) is 0 Å². The molecule has 0 aliphatic carbocycles. The first-order valence-electron chi connectivity index (χ1n) is 13.6.